The van der Waals surface area contributed by atoms with E-state index in [9.17, 15) is 9.59 Å². The number of aromatic amines is 1. The van der Waals surface area contributed by atoms with Gasteiger partial charge in [0, 0.05) is 36.0 Å². The van der Waals surface area contributed by atoms with E-state index in [1.807, 2.05) is 36.5 Å². The number of carboxylic acids is 1. The molecule has 1 amide bonds. The summed E-state index contributed by atoms with van der Waals surface area (Å²) in [7, 11) is 3.07. The van der Waals surface area contributed by atoms with E-state index in [2.05, 4.69) is 10.3 Å². The molecule has 0 aliphatic rings. The van der Waals surface area contributed by atoms with Crippen LogP contribution in [-0.4, -0.2) is 40.0 Å². The first kappa shape index (κ1) is 17.5. The smallest absolute Gasteiger partial charge is 0.304 e. The quantitative estimate of drug-likeness (QED) is 0.478. The van der Waals surface area contributed by atoms with E-state index in [1.165, 1.54) is 10.8 Å². The standard InChI is InChI=1S/C16H18N2O3S2/c19-15(20)6-8-22-23-9-7-18-16(21)14-11-17-10-13(14)12-4-2-1-3-5-12/h1-5,10-11,17H,6-9H2,(H,18,21)(H,19,20). The van der Waals surface area contributed by atoms with Crippen LogP contribution in [-0.2, 0) is 4.79 Å². The van der Waals surface area contributed by atoms with Crippen LogP contribution >= 0.6 is 21.6 Å². The maximum atomic E-state index is 12.3. The lowest BCUT2D eigenvalue weighted by Gasteiger charge is -2.06. The predicted octanol–water partition coefficient (Wildman–Crippen LogP) is 3.27. The zero-order valence-corrected chi connectivity index (χ0v) is 14.1. The van der Waals surface area contributed by atoms with E-state index in [-0.39, 0.29) is 12.3 Å². The van der Waals surface area contributed by atoms with Crippen molar-refractivity contribution >= 4 is 33.5 Å². The van der Waals surface area contributed by atoms with Gasteiger partial charge in [-0.2, -0.15) is 0 Å². The van der Waals surface area contributed by atoms with Crippen molar-refractivity contribution < 1.29 is 14.7 Å². The number of hydrogen-bond acceptors (Lipinski definition) is 4. The van der Waals surface area contributed by atoms with Gasteiger partial charge in [-0.15, -0.1) is 0 Å². The Kier molecular flexibility index (Phi) is 7.09. The number of H-pyrrole nitrogens is 1. The molecule has 0 atom stereocenters. The van der Waals surface area contributed by atoms with E-state index >= 15 is 0 Å². The summed E-state index contributed by atoms with van der Waals surface area (Å²) in [6.45, 7) is 0.545. The lowest BCUT2D eigenvalue weighted by molar-refractivity contribution is -0.136. The highest BCUT2D eigenvalue weighted by molar-refractivity contribution is 8.76. The monoisotopic (exact) mass is 350 g/mol. The molecule has 0 saturated heterocycles. The summed E-state index contributed by atoms with van der Waals surface area (Å²) in [5.41, 5.74) is 2.50. The number of carboxylic acid groups (broad SMARTS) is 1. The molecule has 0 saturated carbocycles. The Balaban J connectivity index is 1.77. The lowest BCUT2D eigenvalue weighted by Crippen LogP contribution is -2.25. The highest BCUT2D eigenvalue weighted by Gasteiger charge is 2.13. The van der Waals surface area contributed by atoms with Gasteiger partial charge < -0.3 is 15.4 Å². The minimum Gasteiger partial charge on any atom is -0.481 e. The first-order chi connectivity index (χ1) is 11.2. The van der Waals surface area contributed by atoms with Gasteiger partial charge in [0.15, 0.2) is 0 Å². The van der Waals surface area contributed by atoms with Gasteiger partial charge in [0.05, 0.1) is 12.0 Å². The van der Waals surface area contributed by atoms with Gasteiger partial charge in [0.25, 0.3) is 5.91 Å². The molecular formula is C16H18N2O3S2. The Bertz CT molecular complexity index is 644. The third-order valence-corrected chi connectivity index (χ3v) is 5.44. The molecule has 0 aliphatic carbocycles. The van der Waals surface area contributed by atoms with E-state index < -0.39 is 5.97 Å². The molecule has 23 heavy (non-hydrogen) atoms. The first-order valence-corrected chi connectivity index (χ1v) is 9.64. The van der Waals surface area contributed by atoms with Crippen molar-refractivity contribution in [3.05, 3.63) is 48.3 Å². The molecule has 0 fully saturated rings. The van der Waals surface area contributed by atoms with Gasteiger partial charge >= 0.3 is 5.97 Å². The molecule has 0 bridgehead atoms. The van der Waals surface area contributed by atoms with Crippen molar-refractivity contribution in [3.63, 3.8) is 0 Å². The molecule has 3 N–H and O–H groups in total. The first-order valence-electron chi connectivity index (χ1n) is 7.15. The predicted molar refractivity (Wildman–Crippen MR) is 95.7 cm³/mol. The summed E-state index contributed by atoms with van der Waals surface area (Å²) in [6, 6.07) is 9.75. The minimum atomic E-state index is -0.785. The zero-order valence-electron chi connectivity index (χ0n) is 12.5. The molecule has 0 unspecified atom stereocenters. The summed E-state index contributed by atoms with van der Waals surface area (Å²) < 4.78 is 0. The summed E-state index contributed by atoms with van der Waals surface area (Å²) in [6.07, 6.45) is 3.68. The van der Waals surface area contributed by atoms with Gasteiger partial charge in [-0.3, -0.25) is 9.59 Å². The zero-order chi connectivity index (χ0) is 16.5. The van der Waals surface area contributed by atoms with Crippen LogP contribution in [0.4, 0.5) is 0 Å². The molecule has 2 aromatic rings. The van der Waals surface area contributed by atoms with Crippen molar-refractivity contribution in [1.29, 1.82) is 0 Å². The Morgan fingerprint density at radius 2 is 1.83 bits per heavy atom. The minimum absolute atomic E-state index is 0.110. The molecular weight excluding hydrogens is 332 g/mol. The van der Waals surface area contributed by atoms with E-state index in [1.54, 1.807) is 17.0 Å². The largest absolute Gasteiger partial charge is 0.481 e. The van der Waals surface area contributed by atoms with Gasteiger partial charge in [-0.05, 0) is 5.56 Å². The highest BCUT2D eigenvalue weighted by Crippen LogP contribution is 2.23. The molecule has 0 aliphatic heterocycles. The summed E-state index contributed by atoms with van der Waals surface area (Å²) in [5.74, 6) is 0.416. The maximum absolute atomic E-state index is 12.3. The van der Waals surface area contributed by atoms with Gasteiger partial charge in [-0.1, -0.05) is 51.9 Å². The number of hydrogen-bond donors (Lipinski definition) is 3. The Morgan fingerprint density at radius 1 is 1.09 bits per heavy atom. The van der Waals surface area contributed by atoms with Crippen molar-refractivity contribution in [3.8, 4) is 11.1 Å². The van der Waals surface area contributed by atoms with Crippen LogP contribution in [0.3, 0.4) is 0 Å². The van der Waals surface area contributed by atoms with Crippen LogP contribution in [0, 0.1) is 0 Å². The molecule has 7 heteroatoms. The number of aromatic nitrogens is 1. The number of amides is 1. The Hall–Kier alpha value is -1.86. The van der Waals surface area contributed by atoms with Crippen molar-refractivity contribution in [2.45, 2.75) is 6.42 Å². The Labute approximate surface area is 142 Å². The molecule has 122 valence electrons. The number of aliphatic carboxylic acids is 1. The van der Waals surface area contributed by atoms with Crippen LogP contribution in [0.5, 0.6) is 0 Å². The molecule has 0 radical (unpaired) electrons. The number of carbonyl (C=O) groups is 2. The number of rotatable bonds is 9. The summed E-state index contributed by atoms with van der Waals surface area (Å²) in [5, 5.41) is 11.4. The van der Waals surface area contributed by atoms with Crippen LogP contribution < -0.4 is 5.32 Å². The van der Waals surface area contributed by atoms with Gasteiger partial charge in [0.1, 0.15) is 0 Å². The fraction of sp³-hybridized carbons (Fsp3) is 0.250. The van der Waals surface area contributed by atoms with Crippen LogP contribution in [0.2, 0.25) is 0 Å². The third-order valence-electron chi connectivity index (χ3n) is 3.03. The number of carbonyl (C=O) groups excluding carboxylic acids is 1. The molecule has 0 spiro atoms. The molecule has 1 aromatic heterocycles. The van der Waals surface area contributed by atoms with Gasteiger partial charge in [0.2, 0.25) is 0 Å². The maximum Gasteiger partial charge on any atom is 0.304 e. The van der Waals surface area contributed by atoms with E-state index in [0.29, 0.717) is 17.9 Å². The summed E-state index contributed by atoms with van der Waals surface area (Å²) >= 11 is 0. The fourth-order valence-corrected chi connectivity index (χ4v) is 3.84. The average Bonchev–Trinajstić information content (AvgIpc) is 3.04. The third kappa shape index (κ3) is 5.69. The number of nitrogens with one attached hydrogen (secondary N) is 2. The summed E-state index contributed by atoms with van der Waals surface area (Å²) in [4.78, 5) is 25.6. The second-order valence-corrected chi connectivity index (χ2v) is 7.39. The second kappa shape index (κ2) is 9.32. The van der Waals surface area contributed by atoms with Crippen LogP contribution in [0.15, 0.2) is 42.7 Å². The molecule has 2 rings (SSSR count). The van der Waals surface area contributed by atoms with Crippen molar-refractivity contribution in [2.24, 2.45) is 0 Å². The topological polar surface area (TPSA) is 82.2 Å². The molecule has 1 aromatic carbocycles. The van der Waals surface area contributed by atoms with E-state index in [0.717, 1.165) is 16.9 Å². The van der Waals surface area contributed by atoms with Crippen LogP contribution in [0.25, 0.3) is 11.1 Å². The average molecular weight is 350 g/mol. The van der Waals surface area contributed by atoms with Crippen LogP contribution in [0.1, 0.15) is 16.8 Å². The normalized spacial score (nSPS) is 10.4. The number of benzene rings is 1. The van der Waals surface area contributed by atoms with E-state index in [4.69, 9.17) is 5.11 Å². The highest BCUT2D eigenvalue weighted by atomic mass is 33.1. The second-order valence-electron chi connectivity index (χ2n) is 4.69. The van der Waals surface area contributed by atoms with Crippen molar-refractivity contribution in [1.82, 2.24) is 10.3 Å². The lowest BCUT2D eigenvalue weighted by atomic mass is 10.0. The van der Waals surface area contributed by atoms with Gasteiger partial charge in [-0.25, -0.2) is 0 Å². The SMILES string of the molecule is O=C(O)CCSSCCNC(=O)c1c[nH]cc1-c1ccccc1. The van der Waals surface area contributed by atoms with Crippen molar-refractivity contribution in [2.75, 3.05) is 18.1 Å². The molecule has 5 nitrogen and oxygen atoms in total. The fourth-order valence-electron chi connectivity index (χ4n) is 1.96. The molecule has 1 heterocycles. The Morgan fingerprint density at radius 3 is 2.57 bits per heavy atom.